The fourth-order valence-corrected chi connectivity index (χ4v) is 2.92. The minimum Gasteiger partial charge on any atom is -0.373 e. The molecule has 1 aliphatic rings. The van der Waals surface area contributed by atoms with Crippen LogP contribution in [0.5, 0.6) is 0 Å². The molecule has 0 amide bonds. The first kappa shape index (κ1) is 15.3. The Morgan fingerprint density at radius 2 is 2.40 bits per heavy atom. The van der Waals surface area contributed by atoms with Gasteiger partial charge >= 0.3 is 0 Å². The molecule has 1 unspecified atom stereocenters. The van der Waals surface area contributed by atoms with E-state index < -0.39 is 0 Å². The number of ether oxygens (including phenoxy) is 1. The summed E-state index contributed by atoms with van der Waals surface area (Å²) in [5.74, 6) is 0.844. The van der Waals surface area contributed by atoms with Crippen LogP contribution in [0.2, 0.25) is 0 Å². The quantitative estimate of drug-likeness (QED) is 0.645. The maximum Gasteiger partial charge on any atom is 0.191 e. The monoisotopic (exact) mass is 296 g/mol. The Bertz CT molecular complexity index is 452. The molecule has 0 spiro atoms. The molecule has 0 saturated carbocycles. The molecule has 0 aromatic carbocycles. The number of hydrogen-bond donors (Lipinski definition) is 2. The van der Waals surface area contributed by atoms with Gasteiger partial charge in [-0.15, -0.1) is 11.3 Å². The Morgan fingerprint density at radius 1 is 1.55 bits per heavy atom. The van der Waals surface area contributed by atoms with Crippen molar-refractivity contribution >= 4 is 17.3 Å². The highest BCUT2D eigenvalue weighted by atomic mass is 32.1. The Labute approximate surface area is 124 Å². The first-order valence-corrected chi connectivity index (χ1v) is 8.06. The highest BCUT2D eigenvalue weighted by Crippen LogP contribution is 2.23. The summed E-state index contributed by atoms with van der Waals surface area (Å²) in [4.78, 5) is 10.1. The molecule has 20 heavy (non-hydrogen) atoms. The number of aliphatic imine (C=N–C) groups is 1. The standard InChI is InChI=1S/C14H24N4OS/c1-4-15-13(16-8-12-11(2)18-10-20-12)17-9-14(3)6-5-7-19-14/h10H,4-9H2,1-3H3,(H2,15,16,17). The Hall–Kier alpha value is -1.14. The van der Waals surface area contributed by atoms with Gasteiger partial charge in [-0.3, -0.25) is 0 Å². The molecule has 0 radical (unpaired) electrons. The molecule has 1 saturated heterocycles. The maximum absolute atomic E-state index is 5.79. The lowest BCUT2D eigenvalue weighted by molar-refractivity contribution is 0.0243. The fourth-order valence-electron chi connectivity index (χ4n) is 2.22. The van der Waals surface area contributed by atoms with E-state index in [4.69, 9.17) is 4.74 Å². The third-order valence-electron chi connectivity index (χ3n) is 3.50. The van der Waals surface area contributed by atoms with Crippen LogP contribution in [-0.2, 0) is 11.3 Å². The van der Waals surface area contributed by atoms with Gasteiger partial charge in [-0.05, 0) is 33.6 Å². The van der Waals surface area contributed by atoms with E-state index in [0.717, 1.165) is 44.2 Å². The van der Waals surface area contributed by atoms with Gasteiger partial charge in [0.2, 0.25) is 0 Å². The van der Waals surface area contributed by atoms with E-state index in [2.05, 4.69) is 34.5 Å². The van der Waals surface area contributed by atoms with Crippen molar-refractivity contribution in [2.24, 2.45) is 4.99 Å². The topological polar surface area (TPSA) is 58.5 Å². The molecule has 2 heterocycles. The van der Waals surface area contributed by atoms with Crippen molar-refractivity contribution in [1.29, 1.82) is 0 Å². The van der Waals surface area contributed by atoms with Crippen LogP contribution in [0, 0.1) is 6.92 Å². The normalized spacial score (nSPS) is 23.1. The van der Waals surface area contributed by atoms with Crippen LogP contribution in [0.15, 0.2) is 10.5 Å². The van der Waals surface area contributed by atoms with Gasteiger partial charge < -0.3 is 15.4 Å². The van der Waals surface area contributed by atoms with Crippen LogP contribution < -0.4 is 10.6 Å². The Morgan fingerprint density at radius 3 is 3.00 bits per heavy atom. The average Bonchev–Trinajstić information content (AvgIpc) is 3.03. The second-order valence-corrected chi connectivity index (χ2v) is 6.25. The SMILES string of the molecule is CCNC(=NCc1scnc1C)NCC1(C)CCCO1. The number of hydrogen-bond acceptors (Lipinski definition) is 4. The first-order chi connectivity index (χ1) is 9.63. The van der Waals surface area contributed by atoms with Crippen molar-refractivity contribution in [1.82, 2.24) is 15.6 Å². The number of nitrogens with zero attached hydrogens (tertiary/aromatic N) is 2. The predicted molar refractivity (Wildman–Crippen MR) is 83.3 cm³/mol. The number of nitrogens with one attached hydrogen (secondary N) is 2. The molecule has 2 rings (SSSR count). The summed E-state index contributed by atoms with van der Waals surface area (Å²) in [6.07, 6.45) is 2.25. The second kappa shape index (κ2) is 7.04. The number of guanidine groups is 1. The lowest BCUT2D eigenvalue weighted by Crippen LogP contribution is -2.45. The van der Waals surface area contributed by atoms with Gasteiger partial charge in [-0.25, -0.2) is 9.98 Å². The molecular formula is C14H24N4OS. The van der Waals surface area contributed by atoms with Crippen LogP contribution in [-0.4, -0.2) is 36.2 Å². The molecule has 1 aromatic heterocycles. The summed E-state index contributed by atoms with van der Waals surface area (Å²) >= 11 is 1.65. The van der Waals surface area contributed by atoms with Gasteiger partial charge in [0, 0.05) is 24.6 Å². The summed E-state index contributed by atoms with van der Waals surface area (Å²) in [6, 6.07) is 0. The van der Waals surface area contributed by atoms with E-state index in [-0.39, 0.29) is 5.60 Å². The van der Waals surface area contributed by atoms with Gasteiger partial charge in [0.05, 0.1) is 23.4 Å². The minimum atomic E-state index is -0.0589. The fraction of sp³-hybridized carbons (Fsp3) is 0.714. The largest absolute Gasteiger partial charge is 0.373 e. The van der Waals surface area contributed by atoms with Crippen molar-refractivity contribution in [3.05, 3.63) is 16.1 Å². The molecule has 1 aliphatic heterocycles. The van der Waals surface area contributed by atoms with Crippen molar-refractivity contribution in [2.45, 2.75) is 45.8 Å². The molecule has 6 heteroatoms. The third-order valence-corrected chi connectivity index (χ3v) is 4.42. The van der Waals surface area contributed by atoms with Gasteiger partial charge in [0.1, 0.15) is 0 Å². The summed E-state index contributed by atoms with van der Waals surface area (Å²) in [5, 5.41) is 6.66. The number of aromatic nitrogens is 1. The van der Waals surface area contributed by atoms with E-state index in [1.807, 2.05) is 12.4 Å². The second-order valence-electron chi connectivity index (χ2n) is 5.31. The zero-order valence-electron chi connectivity index (χ0n) is 12.5. The number of aryl methyl sites for hydroxylation is 1. The van der Waals surface area contributed by atoms with Crippen molar-refractivity contribution in [3.63, 3.8) is 0 Å². The minimum absolute atomic E-state index is 0.0589. The van der Waals surface area contributed by atoms with Crippen LogP contribution in [0.4, 0.5) is 0 Å². The summed E-state index contributed by atoms with van der Waals surface area (Å²) in [7, 11) is 0. The van der Waals surface area contributed by atoms with E-state index in [1.54, 1.807) is 11.3 Å². The van der Waals surface area contributed by atoms with Gasteiger partial charge in [0.25, 0.3) is 0 Å². The van der Waals surface area contributed by atoms with E-state index in [0.29, 0.717) is 6.54 Å². The lowest BCUT2D eigenvalue weighted by Gasteiger charge is -2.24. The van der Waals surface area contributed by atoms with E-state index in [1.165, 1.54) is 4.88 Å². The Kier molecular flexibility index (Phi) is 5.37. The molecule has 0 bridgehead atoms. The Balaban J connectivity index is 1.90. The van der Waals surface area contributed by atoms with Crippen molar-refractivity contribution < 1.29 is 4.74 Å². The zero-order valence-corrected chi connectivity index (χ0v) is 13.3. The van der Waals surface area contributed by atoms with E-state index in [9.17, 15) is 0 Å². The highest BCUT2D eigenvalue weighted by Gasteiger charge is 2.29. The molecule has 0 aliphatic carbocycles. The molecule has 2 N–H and O–H groups in total. The van der Waals surface area contributed by atoms with Gasteiger partial charge in [0.15, 0.2) is 5.96 Å². The van der Waals surface area contributed by atoms with Crippen LogP contribution >= 0.6 is 11.3 Å². The summed E-state index contributed by atoms with van der Waals surface area (Å²) < 4.78 is 5.79. The van der Waals surface area contributed by atoms with Crippen molar-refractivity contribution in [3.8, 4) is 0 Å². The van der Waals surface area contributed by atoms with E-state index >= 15 is 0 Å². The van der Waals surface area contributed by atoms with Crippen LogP contribution in [0.3, 0.4) is 0 Å². The number of rotatable bonds is 5. The molecule has 5 nitrogen and oxygen atoms in total. The van der Waals surface area contributed by atoms with Crippen LogP contribution in [0.1, 0.15) is 37.3 Å². The van der Waals surface area contributed by atoms with Crippen LogP contribution in [0.25, 0.3) is 0 Å². The molecule has 112 valence electrons. The maximum atomic E-state index is 5.79. The molecule has 1 aromatic rings. The zero-order chi connectivity index (χ0) is 14.4. The predicted octanol–water partition coefficient (Wildman–Crippen LogP) is 2.08. The average molecular weight is 296 g/mol. The molecule has 1 atom stereocenters. The summed E-state index contributed by atoms with van der Waals surface area (Å²) in [5.41, 5.74) is 2.88. The molecular weight excluding hydrogens is 272 g/mol. The number of thiazole rings is 1. The van der Waals surface area contributed by atoms with Crippen molar-refractivity contribution in [2.75, 3.05) is 19.7 Å². The van der Waals surface area contributed by atoms with Gasteiger partial charge in [-0.1, -0.05) is 0 Å². The third kappa shape index (κ3) is 4.18. The molecule has 1 fully saturated rings. The lowest BCUT2D eigenvalue weighted by atomic mass is 10.0. The highest BCUT2D eigenvalue weighted by molar-refractivity contribution is 7.09. The first-order valence-electron chi connectivity index (χ1n) is 7.18. The van der Waals surface area contributed by atoms with Gasteiger partial charge in [-0.2, -0.15) is 0 Å². The summed E-state index contributed by atoms with van der Waals surface area (Å²) in [6.45, 7) is 9.43. The smallest absolute Gasteiger partial charge is 0.191 e.